The van der Waals surface area contributed by atoms with Crippen LogP contribution < -0.4 is 11.1 Å². The molecule has 1 fully saturated rings. The molecule has 0 aromatic rings. The van der Waals surface area contributed by atoms with Crippen molar-refractivity contribution in [1.82, 2.24) is 5.32 Å². The van der Waals surface area contributed by atoms with Crippen molar-refractivity contribution in [2.24, 2.45) is 5.73 Å². The lowest BCUT2D eigenvalue weighted by molar-refractivity contribution is -0.120. The third-order valence-electron chi connectivity index (χ3n) is 1.53. The first-order valence-corrected chi connectivity index (χ1v) is 4.70. The molecule has 5 N–H and O–H groups in total. The van der Waals surface area contributed by atoms with Gasteiger partial charge in [0, 0.05) is 6.42 Å². The number of carbonyl (C=O) groups is 1. The lowest BCUT2D eigenvalue weighted by Gasteiger charge is -2.10. The molecule has 0 aliphatic carbocycles. The highest BCUT2D eigenvalue weighted by molar-refractivity contribution is 7.52. The molecule has 0 radical (unpaired) electrons. The summed E-state index contributed by atoms with van der Waals surface area (Å²) in [6.45, 7) is 0. The van der Waals surface area contributed by atoms with Gasteiger partial charge in [-0.2, -0.15) is 0 Å². The van der Waals surface area contributed by atoms with E-state index < -0.39 is 25.3 Å². The number of nitrogens with two attached hydrogens (primary N) is 1. The van der Waals surface area contributed by atoms with E-state index in [1.54, 1.807) is 0 Å². The zero-order valence-corrected chi connectivity index (χ0v) is 6.49. The van der Waals surface area contributed by atoms with Gasteiger partial charge in [0.1, 0.15) is 5.78 Å². The van der Waals surface area contributed by atoms with Crippen LogP contribution in [-0.4, -0.2) is 27.5 Å². The summed E-state index contributed by atoms with van der Waals surface area (Å²) in [6, 6.07) is -0.785. The topological polar surface area (TPSA) is 113 Å². The summed E-state index contributed by atoms with van der Waals surface area (Å²) in [7, 11) is -4.20. The van der Waals surface area contributed by atoms with Crippen LogP contribution in [0.3, 0.4) is 0 Å². The molecule has 11 heavy (non-hydrogen) atoms. The van der Waals surface area contributed by atoms with Crippen LogP contribution in [0.4, 0.5) is 0 Å². The van der Waals surface area contributed by atoms with Gasteiger partial charge in [-0.3, -0.25) is 9.36 Å². The average Bonchev–Trinajstić information content (AvgIpc) is 2.11. The molecule has 1 amide bonds. The molecule has 1 aliphatic rings. The predicted molar refractivity (Wildman–Crippen MR) is 36.6 cm³/mol. The first kappa shape index (κ1) is 8.67. The van der Waals surface area contributed by atoms with Gasteiger partial charge in [-0.15, -0.1) is 0 Å². The summed E-state index contributed by atoms with van der Waals surface area (Å²) in [5.74, 6) is -1.59. The van der Waals surface area contributed by atoms with Crippen molar-refractivity contribution in [2.75, 3.05) is 0 Å². The second kappa shape index (κ2) is 2.57. The number of amides is 1. The van der Waals surface area contributed by atoms with Crippen LogP contribution >= 0.6 is 7.60 Å². The highest BCUT2D eigenvalue weighted by Crippen LogP contribution is 2.43. The third kappa shape index (κ3) is 1.78. The molecule has 2 atom stereocenters. The van der Waals surface area contributed by atoms with E-state index >= 15 is 0 Å². The first-order valence-electron chi connectivity index (χ1n) is 3.02. The molecule has 0 saturated carbocycles. The Hall–Kier alpha value is -0.420. The fourth-order valence-electron chi connectivity index (χ4n) is 0.899. The monoisotopic (exact) mass is 180 g/mol. The lowest BCUT2D eigenvalue weighted by Crippen LogP contribution is -2.31. The molecule has 7 heteroatoms. The molecule has 64 valence electrons. The Kier molecular flexibility index (Phi) is 2.02. The lowest BCUT2D eigenvalue weighted by atomic mass is 10.3. The van der Waals surface area contributed by atoms with Gasteiger partial charge in [0.05, 0.1) is 6.04 Å². The van der Waals surface area contributed by atoms with E-state index in [1.165, 1.54) is 0 Å². The molecule has 6 nitrogen and oxygen atoms in total. The van der Waals surface area contributed by atoms with E-state index in [2.05, 4.69) is 5.32 Å². The molecular weight excluding hydrogens is 171 g/mol. The van der Waals surface area contributed by atoms with Crippen molar-refractivity contribution < 1.29 is 19.1 Å². The van der Waals surface area contributed by atoms with Gasteiger partial charge >= 0.3 is 7.60 Å². The van der Waals surface area contributed by atoms with Crippen molar-refractivity contribution in [3.8, 4) is 0 Å². The van der Waals surface area contributed by atoms with Gasteiger partial charge in [-0.1, -0.05) is 0 Å². The molecule has 0 aromatic heterocycles. The van der Waals surface area contributed by atoms with E-state index in [0.717, 1.165) is 0 Å². The SMILES string of the molecule is N[C@H]1C[C@H](P(=O)(O)O)NC1=O. The summed E-state index contributed by atoms with van der Waals surface area (Å²) in [4.78, 5) is 27.8. The van der Waals surface area contributed by atoms with Gasteiger partial charge in [0.2, 0.25) is 5.91 Å². The normalized spacial score (nSPS) is 32.1. The predicted octanol–water partition coefficient (Wildman–Crippen LogP) is -1.66. The van der Waals surface area contributed by atoms with Gasteiger partial charge in [-0.05, 0) is 0 Å². The molecule has 0 unspecified atom stereocenters. The maximum absolute atomic E-state index is 10.7. The Balaban J connectivity index is 2.69. The smallest absolute Gasteiger partial charge is 0.341 e. The van der Waals surface area contributed by atoms with Gasteiger partial charge in [0.15, 0.2) is 0 Å². The maximum atomic E-state index is 10.7. The minimum Gasteiger partial charge on any atom is -0.341 e. The Morgan fingerprint density at radius 1 is 1.64 bits per heavy atom. The summed E-state index contributed by atoms with van der Waals surface area (Å²) in [5.41, 5.74) is 5.21. The Morgan fingerprint density at radius 3 is 2.36 bits per heavy atom. The third-order valence-corrected chi connectivity index (χ3v) is 2.68. The van der Waals surface area contributed by atoms with Crippen molar-refractivity contribution in [2.45, 2.75) is 18.2 Å². The zero-order chi connectivity index (χ0) is 8.65. The van der Waals surface area contributed by atoms with E-state index in [9.17, 15) is 9.36 Å². The van der Waals surface area contributed by atoms with Crippen molar-refractivity contribution in [3.05, 3.63) is 0 Å². The quantitative estimate of drug-likeness (QED) is 0.360. The first-order chi connectivity index (χ1) is 4.91. The van der Waals surface area contributed by atoms with Crippen molar-refractivity contribution >= 4 is 13.5 Å². The second-order valence-corrected chi connectivity index (χ2v) is 4.26. The minimum atomic E-state index is -4.20. The van der Waals surface area contributed by atoms with Crippen molar-refractivity contribution in [3.63, 3.8) is 0 Å². The summed E-state index contributed by atoms with van der Waals surface area (Å²) < 4.78 is 10.5. The van der Waals surface area contributed by atoms with Crippen LogP contribution in [-0.2, 0) is 9.36 Å². The molecule has 0 bridgehead atoms. The maximum Gasteiger partial charge on any atom is 0.347 e. The van der Waals surface area contributed by atoms with Crippen LogP contribution in [0.25, 0.3) is 0 Å². The minimum absolute atomic E-state index is 0.00309. The molecule has 1 heterocycles. The van der Waals surface area contributed by atoms with E-state index in [1.807, 2.05) is 0 Å². The molecule has 0 aromatic carbocycles. The molecule has 1 aliphatic heterocycles. The van der Waals surface area contributed by atoms with Crippen LogP contribution in [0.5, 0.6) is 0 Å². The number of rotatable bonds is 1. The Labute approximate surface area is 62.9 Å². The van der Waals surface area contributed by atoms with Gasteiger partial charge in [0.25, 0.3) is 0 Å². The second-order valence-electron chi connectivity index (χ2n) is 2.46. The fourth-order valence-corrected chi connectivity index (χ4v) is 1.70. The standard InChI is InChI=1S/C4H9N2O4P/c5-2-1-3(6-4(2)7)11(8,9)10/h2-3H,1,5H2,(H,6,7)(H2,8,9,10)/t2-,3-/m0/s1. The number of nitrogens with one attached hydrogen (secondary N) is 1. The number of carbonyl (C=O) groups excluding carboxylic acids is 1. The largest absolute Gasteiger partial charge is 0.347 e. The highest BCUT2D eigenvalue weighted by Gasteiger charge is 2.39. The summed E-state index contributed by atoms with van der Waals surface area (Å²) in [6.07, 6.45) is 0.00309. The van der Waals surface area contributed by atoms with Gasteiger partial charge < -0.3 is 20.8 Å². The average molecular weight is 180 g/mol. The molecule has 0 spiro atoms. The van der Waals surface area contributed by atoms with Gasteiger partial charge in [-0.25, -0.2) is 0 Å². The van der Waals surface area contributed by atoms with Crippen LogP contribution in [0.2, 0.25) is 0 Å². The molecular formula is C4H9N2O4P. The van der Waals surface area contributed by atoms with E-state index in [4.69, 9.17) is 15.5 Å². The van der Waals surface area contributed by atoms with Crippen LogP contribution in [0.1, 0.15) is 6.42 Å². The van der Waals surface area contributed by atoms with E-state index in [0.29, 0.717) is 0 Å². The summed E-state index contributed by atoms with van der Waals surface area (Å²) >= 11 is 0. The fraction of sp³-hybridized carbons (Fsp3) is 0.750. The number of hydrogen-bond acceptors (Lipinski definition) is 3. The molecule has 1 saturated heterocycles. The Morgan fingerprint density at radius 2 is 2.18 bits per heavy atom. The Bertz CT molecular complexity index is 224. The zero-order valence-electron chi connectivity index (χ0n) is 5.60. The molecule has 1 rings (SSSR count). The summed E-state index contributed by atoms with van der Waals surface area (Å²) in [5, 5.41) is 2.12. The van der Waals surface area contributed by atoms with Crippen LogP contribution in [0, 0.1) is 0 Å². The van der Waals surface area contributed by atoms with Crippen molar-refractivity contribution in [1.29, 1.82) is 0 Å². The highest BCUT2D eigenvalue weighted by atomic mass is 31.2. The van der Waals surface area contributed by atoms with Crippen LogP contribution in [0.15, 0.2) is 0 Å². The van der Waals surface area contributed by atoms with E-state index in [-0.39, 0.29) is 6.42 Å². The number of hydrogen-bond donors (Lipinski definition) is 4.